The lowest BCUT2D eigenvalue weighted by atomic mass is 9.97. The zero-order valence-corrected chi connectivity index (χ0v) is 10.0. The van der Waals surface area contributed by atoms with E-state index in [1.165, 1.54) is 17.0 Å². The third-order valence-electron chi connectivity index (χ3n) is 3.37. The van der Waals surface area contributed by atoms with Gasteiger partial charge in [0.2, 0.25) is 0 Å². The largest absolute Gasteiger partial charge is 0.342 e. The molecule has 0 amide bonds. The van der Waals surface area contributed by atoms with E-state index < -0.39 is 0 Å². The molecule has 0 aliphatic heterocycles. The van der Waals surface area contributed by atoms with Gasteiger partial charge < -0.3 is 10.7 Å². The van der Waals surface area contributed by atoms with Crippen LogP contribution in [0.2, 0.25) is 0 Å². The van der Waals surface area contributed by atoms with E-state index in [1.807, 2.05) is 0 Å². The van der Waals surface area contributed by atoms with E-state index in [9.17, 15) is 0 Å². The van der Waals surface area contributed by atoms with E-state index in [4.69, 9.17) is 5.73 Å². The Bertz CT molecular complexity index is 542. The van der Waals surface area contributed by atoms with Gasteiger partial charge in [0.15, 0.2) is 0 Å². The van der Waals surface area contributed by atoms with Gasteiger partial charge in [0.1, 0.15) is 5.82 Å². The van der Waals surface area contributed by atoms with E-state index in [0.29, 0.717) is 0 Å². The number of H-pyrrole nitrogens is 1. The van der Waals surface area contributed by atoms with Crippen LogP contribution in [0.4, 0.5) is 0 Å². The summed E-state index contributed by atoms with van der Waals surface area (Å²) in [6.45, 7) is 2.10. The number of imidazole rings is 1. The average Bonchev–Trinajstić information content (AvgIpc) is 2.72. The molecule has 1 atom stereocenters. The molecule has 3 N–H and O–H groups in total. The molecule has 0 saturated heterocycles. The molecule has 0 fully saturated rings. The first-order valence-corrected chi connectivity index (χ1v) is 6.13. The monoisotopic (exact) mass is 227 g/mol. The molecule has 3 nitrogen and oxygen atoms in total. The highest BCUT2D eigenvalue weighted by Gasteiger charge is 2.19. The first-order valence-electron chi connectivity index (χ1n) is 6.13. The fourth-order valence-electron chi connectivity index (χ4n) is 2.44. The second-order valence-electron chi connectivity index (χ2n) is 4.88. The lowest BCUT2D eigenvalue weighted by Gasteiger charge is -2.15. The Balaban J connectivity index is 2.00. The van der Waals surface area contributed by atoms with Gasteiger partial charge in [-0.1, -0.05) is 23.8 Å². The summed E-state index contributed by atoms with van der Waals surface area (Å²) in [7, 11) is 0. The van der Waals surface area contributed by atoms with Crippen LogP contribution in [0.3, 0.4) is 0 Å². The Morgan fingerprint density at radius 3 is 3.12 bits per heavy atom. The molecule has 17 heavy (non-hydrogen) atoms. The van der Waals surface area contributed by atoms with E-state index in [1.54, 1.807) is 0 Å². The predicted octanol–water partition coefficient (Wildman–Crippen LogP) is 2.20. The van der Waals surface area contributed by atoms with Crippen LogP contribution in [0.5, 0.6) is 0 Å². The number of benzene rings is 1. The zero-order chi connectivity index (χ0) is 11.8. The Morgan fingerprint density at radius 2 is 2.29 bits per heavy atom. The Morgan fingerprint density at radius 1 is 1.41 bits per heavy atom. The van der Waals surface area contributed by atoms with Crippen molar-refractivity contribution in [2.75, 3.05) is 0 Å². The fraction of sp³-hybridized carbons (Fsp3) is 0.357. The molecule has 1 aromatic carbocycles. The van der Waals surface area contributed by atoms with Gasteiger partial charge >= 0.3 is 0 Å². The number of hydrogen-bond acceptors (Lipinski definition) is 2. The molecule has 88 valence electrons. The number of nitrogens with zero attached hydrogens (tertiary/aromatic N) is 1. The van der Waals surface area contributed by atoms with Crippen LogP contribution >= 0.6 is 0 Å². The second kappa shape index (κ2) is 4.00. The molecule has 0 saturated carbocycles. The average molecular weight is 227 g/mol. The molecule has 0 bridgehead atoms. The maximum atomic E-state index is 5.97. The molecule has 1 aliphatic carbocycles. The van der Waals surface area contributed by atoms with E-state index >= 15 is 0 Å². The van der Waals surface area contributed by atoms with Gasteiger partial charge in [-0.05, 0) is 25.8 Å². The Kier molecular flexibility index (Phi) is 2.48. The van der Waals surface area contributed by atoms with E-state index in [2.05, 4.69) is 41.2 Å². The molecule has 1 heterocycles. The molecule has 2 aromatic rings. The topological polar surface area (TPSA) is 54.7 Å². The minimum Gasteiger partial charge on any atom is -0.342 e. The molecular weight excluding hydrogens is 210 g/mol. The lowest BCUT2D eigenvalue weighted by Crippen LogP contribution is -2.27. The van der Waals surface area contributed by atoms with Crippen molar-refractivity contribution < 1.29 is 0 Å². The third kappa shape index (κ3) is 1.98. The Labute approximate surface area is 101 Å². The third-order valence-corrected chi connectivity index (χ3v) is 3.37. The minimum absolute atomic E-state index is 0.285. The smallest absolute Gasteiger partial charge is 0.137 e. The summed E-state index contributed by atoms with van der Waals surface area (Å²) in [5, 5.41) is 0. The van der Waals surface area contributed by atoms with Crippen molar-refractivity contribution in [3.05, 3.63) is 41.2 Å². The van der Waals surface area contributed by atoms with E-state index in [0.717, 1.165) is 30.7 Å². The number of nitrogens with two attached hydrogens (primary N) is 1. The van der Waals surface area contributed by atoms with Crippen molar-refractivity contribution in [2.24, 2.45) is 5.73 Å². The summed E-state index contributed by atoms with van der Waals surface area (Å²) in [6.07, 6.45) is 2.97. The minimum atomic E-state index is 0.285. The predicted molar refractivity (Wildman–Crippen MR) is 68.8 cm³/mol. The molecule has 1 aromatic heterocycles. The van der Waals surface area contributed by atoms with Crippen LogP contribution in [-0.4, -0.2) is 16.0 Å². The quantitative estimate of drug-likeness (QED) is 0.784. The number of fused-ring (bicyclic) bond motifs is 1. The lowest BCUT2D eigenvalue weighted by molar-refractivity contribution is 0.565. The molecule has 0 spiro atoms. The number of nitrogens with one attached hydrogen (secondary N) is 1. The van der Waals surface area contributed by atoms with Crippen LogP contribution in [0.1, 0.15) is 23.4 Å². The number of rotatable bonds is 1. The summed E-state index contributed by atoms with van der Waals surface area (Å²) >= 11 is 0. The van der Waals surface area contributed by atoms with Crippen LogP contribution in [0.25, 0.3) is 11.4 Å². The number of hydrogen-bond donors (Lipinski definition) is 2. The van der Waals surface area contributed by atoms with Gasteiger partial charge in [0.05, 0.1) is 5.69 Å². The van der Waals surface area contributed by atoms with Crippen LogP contribution in [0, 0.1) is 6.92 Å². The SMILES string of the molecule is Cc1cccc(-c2nc3c([nH]2)CC(N)CC3)c1. The van der Waals surface area contributed by atoms with Crippen LogP contribution in [-0.2, 0) is 12.8 Å². The van der Waals surface area contributed by atoms with Gasteiger partial charge in [0, 0.05) is 23.7 Å². The van der Waals surface area contributed by atoms with Crippen LogP contribution < -0.4 is 5.73 Å². The molecule has 1 unspecified atom stereocenters. The summed E-state index contributed by atoms with van der Waals surface area (Å²) in [6, 6.07) is 8.70. The normalized spacial score (nSPS) is 19.1. The summed E-state index contributed by atoms with van der Waals surface area (Å²) in [5.74, 6) is 0.979. The maximum Gasteiger partial charge on any atom is 0.137 e. The molecular formula is C14H17N3. The summed E-state index contributed by atoms with van der Waals surface area (Å²) in [4.78, 5) is 8.10. The van der Waals surface area contributed by atoms with Crippen molar-refractivity contribution in [1.82, 2.24) is 9.97 Å². The van der Waals surface area contributed by atoms with Crippen molar-refractivity contribution in [1.29, 1.82) is 0 Å². The molecule has 3 heteroatoms. The highest BCUT2D eigenvalue weighted by molar-refractivity contribution is 5.57. The Hall–Kier alpha value is -1.61. The molecule has 3 rings (SSSR count). The zero-order valence-electron chi connectivity index (χ0n) is 10.0. The van der Waals surface area contributed by atoms with Crippen LogP contribution in [0.15, 0.2) is 24.3 Å². The maximum absolute atomic E-state index is 5.97. The van der Waals surface area contributed by atoms with Gasteiger partial charge in [-0.3, -0.25) is 0 Å². The number of aromatic amines is 1. The van der Waals surface area contributed by atoms with Crippen molar-refractivity contribution in [3.8, 4) is 11.4 Å². The van der Waals surface area contributed by atoms with Gasteiger partial charge in [-0.25, -0.2) is 4.98 Å². The standard InChI is InChI=1S/C14H17N3/c1-9-3-2-4-10(7-9)14-16-12-6-5-11(15)8-13(12)17-14/h2-4,7,11H,5-6,8,15H2,1H3,(H,16,17). The number of aromatic nitrogens is 2. The van der Waals surface area contributed by atoms with Gasteiger partial charge in [0.25, 0.3) is 0 Å². The highest BCUT2D eigenvalue weighted by Crippen LogP contribution is 2.24. The van der Waals surface area contributed by atoms with Gasteiger partial charge in [-0.2, -0.15) is 0 Å². The van der Waals surface area contributed by atoms with Crippen molar-refractivity contribution in [2.45, 2.75) is 32.2 Å². The second-order valence-corrected chi connectivity index (χ2v) is 4.88. The molecule has 0 radical (unpaired) electrons. The van der Waals surface area contributed by atoms with E-state index in [-0.39, 0.29) is 6.04 Å². The fourth-order valence-corrected chi connectivity index (χ4v) is 2.44. The number of aryl methyl sites for hydroxylation is 2. The van der Waals surface area contributed by atoms with Crippen molar-refractivity contribution in [3.63, 3.8) is 0 Å². The summed E-state index contributed by atoms with van der Waals surface area (Å²) < 4.78 is 0. The van der Waals surface area contributed by atoms with Gasteiger partial charge in [-0.15, -0.1) is 0 Å². The molecule has 1 aliphatic rings. The highest BCUT2D eigenvalue weighted by atomic mass is 14.9. The summed E-state index contributed by atoms with van der Waals surface area (Å²) in [5.41, 5.74) is 10.8. The van der Waals surface area contributed by atoms with Crippen molar-refractivity contribution >= 4 is 0 Å². The first kappa shape index (κ1) is 10.5. The first-order chi connectivity index (χ1) is 8.22.